The van der Waals surface area contributed by atoms with Crippen LogP contribution in [0.2, 0.25) is 0 Å². The van der Waals surface area contributed by atoms with Crippen LogP contribution in [0.25, 0.3) is 0 Å². The lowest BCUT2D eigenvalue weighted by molar-refractivity contribution is -0.200. The molecule has 0 aliphatic rings. The number of ether oxygens (including phenoxy) is 1. The van der Waals surface area contributed by atoms with Gasteiger partial charge in [-0.2, -0.15) is 39.5 Å². The van der Waals surface area contributed by atoms with E-state index in [9.17, 15) is 49.0 Å². The van der Waals surface area contributed by atoms with Gasteiger partial charge in [-0.3, -0.25) is 0 Å². The molecule has 3 nitrogen and oxygen atoms in total. The Morgan fingerprint density at radius 3 is 2.15 bits per heavy atom. The molecule has 0 amide bonds. The highest BCUT2D eigenvalue weighted by atomic mass is 32.2. The Morgan fingerprint density at radius 2 is 1.51 bits per heavy atom. The van der Waals surface area contributed by atoms with Gasteiger partial charge in [0.1, 0.15) is 18.2 Å². The molecule has 0 aromatic heterocycles. The summed E-state index contributed by atoms with van der Waals surface area (Å²) in [5, 5.41) is 9.62. The first-order valence-corrected chi connectivity index (χ1v) is 11.8. The van der Waals surface area contributed by atoms with Crippen LogP contribution in [0.4, 0.5) is 49.6 Å². The predicted octanol–water partition coefficient (Wildman–Crippen LogP) is 7.97. The van der Waals surface area contributed by atoms with Crippen molar-refractivity contribution in [2.24, 2.45) is 0 Å². The van der Waals surface area contributed by atoms with Gasteiger partial charge >= 0.3 is 17.9 Å². The summed E-state index contributed by atoms with van der Waals surface area (Å²) in [6.07, 6.45) is -13.0. The standard InChI is InChI=1S/C25H19F10NO2S/c26-22-16(5-2-9-20(22)23(27,28)29)12-36(13-21(37)24(30,31)32)17-6-3-7-18(11-17)38-14-15-4-1-8-19(10-15)39-25(33,34)35/h1-11,21,37H,12-14H2/t21-/m1/s1. The number of benzene rings is 3. The number of aliphatic hydroxyl groups is 1. The van der Waals surface area contributed by atoms with E-state index in [2.05, 4.69) is 0 Å². The first-order chi connectivity index (χ1) is 18.0. The van der Waals surface area contributed by atoms with E-state index in [1.807, 2.05) is 0 Å². The molecular weight excluding hydrogens is 568 g/mol. The summed E-state index contributed by atoms with van der Waals surface area (Å²) >= 11 is -0.324. The number of hydrogen-bond donors (Lipinski definition) is 1. The lowest BCUT2D eigenvalue weighted by Crippen LogP contribution is -2.41. The number of thioether (sulfide) groups is 1. The van der Waals surface area contributed by atoms with Crippen molar-refractivity contribution < 1.29 is 53.7 Å². The summed E-state index contributed by atoms with van der Waals surface area (Å²) < 4.78 is 137. The zero-order chi connectivity index (χ0) is 29.0. The van der Waals surface area contributed by atoms with E-state index in [4.69, 9.17) is 4.74 Å². The van der Waals surface area contributed by atoms with Gasteiger partial charge in [0.2, 0.25) is 0 Å². The van der Waals surface area contributed by atoms with E-state index >= 15 is 0 Å². The van der Waals surface area contributed by atoms with Crippen LogP contribution < -0.4 is 9.64 Å². The maximum atomic E-state index is 14.6. The lowest BCUT2D eigenvalue weighted by atomic mass is 10.1. The molecule has 3 rings (SSSR count). The molecule has 0 spiro atoms. The lowest BCUT2D eigenvalue weighted by Gasteiger charge is -2.29. The number of hydrogen-bond acceptors (Lipinski definition) is 4. The van der Waals surface area contributed by atoms with E-state index in [0.717, 1.165) is 17.0 Å². The Hall–Kier alpha value is -3.13. The van der Waals surface area contributed by atoms with E-state index in [-0.39, 0.29) is 34.7 Å². The van der Waals surface area contributed by atoms with Gasteiger partial charge in [-0.1, -0.05) is 30.3 Å². The highest BCUT2D eigenvalue weighted by molar-refractivity contribution is 8.00. The first kappa shape index (κ1) is 30.4. The molecule has 0 saturated carbocycles. The van der Waals surface area contributed by atoms with Gasteiger partial charge in [-0.05, 0) is 47.7 Å². The minimum atomic E-state index is -5.07. The molecule has 1 atom stereocenters. The Kier molecular flexibility index (Phi) is 9.31. The van der Waals surface area contributed by atoms with E-state index in [1.165, 1.54) is 48.5 Å². The second-order valence-electron chi connectivity index (χ2n) is 8.20. The molecule has 0 unspecified atom stereocenters. The molecule has 3 aromatic rings. The average molecular weight is 587 g/mol. The van der Waals surface area contributed by atoms with Crippen molar-refractivity contribution in [2.75, 3.05) is 11.4 Å². The number of alkyl halides is 9. The second-order valence-corrected chi connectivity index (χ2v) is 9.33. The molecule has 0 bridgehead atoms. The summed E-state index contributed by atoms with van der Waals surface area (Å²) in [6, 6.07) is 13.0. The van der Waals surface area contributed by atoms with Crippen LogP contribution in [0.3, 0.4) is 0 Å². The molecule has 1 N–H and O–H groups in total. The van der Waals surface area contributed by atoms with Crippen LogP contribution in [0.15, 0.2) is 71.6 Å². The molecule has 0 aliphatic heterocycles. The normalized spacial score (nSPS) is 13.3. The molecule has 39 heavy (non-hydrogen) atoms. The summed E-state index contributed by atoms with van der Waals surface area (Å²) in [7, 11) is 0. The molecule has 212 valence electrons. The van der Waals surface area contributed by atoms with Gasteiger partial charge < -0.3 is 14.7 Å². The number of anilines is 1. The summed E-state index contributed by atoms with van der Waals surface area (Å²) in [4.78, 5) is 0.747. The van der Waals surface area contributed by atoms with Crippen molar-refractivity contribution >= 4 is 17.4 Å². The molecule has 0 aliphatic carbocycles. The summed E-state index contributed by atoms with van der Waals surface area (Å²) in [5.41, 5.74) is -6.36. The van der Waals surface area contributed by atoms with Gasteiger partial charge in [-0.25, -0.2) is 4.39 Å². The smallest absolute Gasteiger partial charge is 0.446 e. The number of aliphatic hydroxyl groups excluding tert-OH is 1. The maximum absolute atomic E-state index is 14.6. The second kappa shape index (κ2) is 11.9. The Balaban J connectivity index is 1.86. The third kappa shape index (κ3) is 8.95. The van der Waals surface area contributed by atoms with Gasteiger partial charge in [-0.15, -0.1) is 0 Å². The van der Waals surface area contributed by atoms with Crippen LogP contribution >= 0.6 is 11.8 Å². The molecule has 0 saturated heterocycles. The largest absolute Gasteiger partial charge is 0.489 e. The highest BCUT2D eigenvalue weighted by Crippen LogP contribution is 2.37. The zero-order valence-corrected chi connectivity index (χ0v) is 20.4. The molecule has 0 fully saturated rings. The Bertz CT molecular complexity index is 1260. The van der Waals surface area contributed by atoms with E-state index < -0.39 is 54.0 Å². The number of halogens is 10. The molecular formula is C25H19F10NO2S. The Morgan fingerprint density at radius 1 is 0.846 bits per heavy atom. The van der Waals surface area contributed by atoms with Gasteiger partial charge in [0, 0.05) is 28.8 Å². The van der Waals surface area contributed by atoms with Gasteiger partial charge in [0.05, 0.1) is 12.1 Å². The topological polar surface area (TPSA) is 32.7 Å². The van der Waals surface area contributed by atoms with Crippen LogP contribution in [-0.2, 0) is 19.3 Å². The van der Waals surface area contributed by atoms with Crippen molar-refractivity contribution in [1.29, 1.82) is 0 Å². The van der Waals surface area contributed by atoms with Crippen molar-refractivity contribution in [2.45, 2.75) is 42.0 Å². The van der Waals surface area contributed by atoms with Crippen LogP contribution in [0.5, 0.6) is 5.75 Å². The minimum Gasteiger partial charge on any atom is -0.489 e. The van der Waals surface area contributed by atoms with Crippen molar-refractivity contribution in [1.82, 2.24) is 0 Å². The minimum absolute atomic E-state index is 0.0472. The van der Waals surface area contributed by atoms with E-state index in [0.29, 0.717) is 11.6 Å². The number of rotatable bonds is 9. The monoisotopic (exact) mass is 587 g/mol. The number of nitrogens with zero attached hydrogens (tertiary/aromatic N) is 1. The quantitative estimate of drug-likeness (QED) is 0.203. The predicted molar refractivity (Wildman–Crippen MR) is 124 cm³/mol. The van der Waals surface area contributed by atoms with Crippen LogP contribution in [0, 0.1) is 5.82 Å². The average Bonchev–Trinajstić information content (AvgIpc) is 2.81. The third-order valence-electron chi connectivity index (χ3n) is 5.24. The van der Waals surface area contributed by atoms with E-state index in [1.54, 1.807) is 0 Å². The van der Waals surface area contributed by atoms with Crippen molar-refractivity contribution in [3.8, 4) is 5.75 Å². The summed E-state index contributed by atoms with van der Waals surface area (Å²) in [5.74, 6) is -1.61. The Labute approximate surface area is 220 Å². The van der Waals surface area contributed by atoms with Crippen molar-refractivity contribution in [3.05, 3.63) is 89.2 Å². The third-order valence-corrected chi connectivity index (χ3v) is 5.96. The van der Waals surface area contributed by atoms with Crippen molar-refractivity contribution in [3.63, 3.8) is 0 Å². The molecule has 0 radical (unpaired) electrons. The fourth-order valence-corrected chi connectivity index (χ4v) is 4.09. The van der Waals surface area contributed by atoms with Gasteiger partial charge in [0.15, 0.2) is 6.10 Å². The highest BCUT2D eigenvalue weighted by Gasteiger charge is 2.40. The first-order valence-electron chi connectivity index (χ1n) is 10.9. The van der Waals surface area contributed by atoms with Gasteiger partial charge in [0.25, 0.3) is 0 Å². The fourth-order valence-electron chi connectivity index (χ4n) is 3.47. The maximum Gasteiger partial charge on any atom is 0.446 e. The van der Waals surface area contributed by atoms with Crippen LogP contribution in [0.1, 0.15) is 16.7 Å². The zero-order valence-electron chi connectivity index (χ0n) is 19.5. The van der Waals surface area contributed by atoms with Crippen LogP contribution in [-0.4, -0.2) is 29.4 Å². The molecule has 14 heteroatoms. The SMILES string of the molecule is O[C@H](CN(Cc1cccc(C(F)(F)F)c1F)c1cccc(OCc2cccc(SC(F)(F)F)c2)c1)C(F)(F)F. The molecule has 0 heterocycles. The summed E-state index contributed by atoms with van der Waals surface area (Å²) in [6.45, 7) is -2.12. The molecule has 3 aromatic carbocycles. The fraction of sp³-hybridized carbons (Fsp3) is 0.280.